The zero-order chi connectivity index (χ0) is 25.4. The molecule has 0 aromatic carbocycles. The van der Waals surface area contributed by atoms with E-state index in [2.05, 4.69) is 15.2 Å². The van der Waals surface area contributed by atoms with Gasteiger partial charge < -0.3 is 19.5 Å². The van der Waals surface area contributed by atoms with Crippen LogP contribution in [0.3, 0.4) is 0 Å². The van der Waals surface area contributed by atoms with Crippen LogP contribution in [0, 0.1) is 11.8 Å². The van der Waals surface area contributed by atoms with E-state index in [-0.39, 0.29) is 30.4 Å². The third-order valence-corrected chi connectivity index (χ3v) is 7.96. The van der Waals surface area contributed by atoms with Crippen LogP contribution in [-0.2, 0) is 24.4 Å². The van der Waals surface area contributed by atoms with E-state index in [1.807, 2.05) is 4.57 Å². The molecule has 0 bridgehead atoms. The Labute approximate surface area is 207 Å². The van der Waals surface area contributed by atoms with Gasteiger partial charge in [-0.15, -0.1) is 0 Å². The van der Waals surface area contributed by atoms with Crippen LogP contribution in [0.5, 0.6) is 0 Å². The predicted octanol–water partition coefficient (Wildman–Crippen LogP) is 2.34. The molecule has 0 amide bonds. The summed E-state index contributed by atoms with van der Waals surface area (Å²) in [4.78, 5) is 33.7. The van der Waals surface area contributed by atoms with Gasteiger partial charge >= 0.3 is 11.9 Å². The monoisotopic (exact) mass is 512 g/mol. The average Bonchev–Trinajstić information content (AvgIpc) is 3.54. The fourth-order valence-electron chi connectivity index (χ4n) is 6.22. The van der Waals surface area contributed by atoms with Crippen molar-refractivity contribution in [3.63, 3.8) is 0 Å². The molecule has 4 heterocycles. The molecule has 0 radical (unpaired) electrons. The summed E-state index contributed by atoms with van der Waals surface area (Å²) in [6.07, 6.45) is 1.70. The number of alkyl halides is 3. The number of hydrogen-bond acceptors (Lipinski definition) is 6. The smallest absolute Gasteiger partial charge is 0.380 e. The highest BCUT2D eigenvalue weighted by molar-refractivity contribution is 5.75. The number of anilines is 1. The molecule has 200 valence electrons. The maximum atomic E-state index is 13.7. The van der Waals surface area contributed by atoms with Crippen molar-refractivity contribution in [2.24, 2.45) is 11.8 Å². The van der Waals surface area contributed by atoms with Crippen molar-refractivity contribution < 1.29 is 17.9 Å². The molecule has 12 heteroatoms. The Kier molecular flexibility index (Phi) is 7.17. The minimum Gasteiger partial charge on any atom is -0.380 e. The topological polar surface area (TPSA) is 86.3 Å². The Morgan fingerprint density at radius 2 is 1.83 bits per heavy atom. The first-order valence-electron chi connectivity index (χ1n) is 13.1. The highest BCUT2D eigenvalue weighted by Gasteiger charge is 2.41. The third kappa shape index (κ3) is 4.81. The minimum atomic E-state index is -4.64. The van der Waals surface area contributed by atoms with Gasteiger partial charge in [0.2, 0.25) is 5.95 Å². The van der Waals surface area contributed by atoms with Crippen molar-refractivity contribution in [3.8, 4) is 0 Å². The van der Waals surface area contributed by atoms with Gasteiger partial charge in [-0.25, -0.2) is 4.79 Å². The van der Waals surface area contributed by atoms with Gasteiger partial charge in [0.05, 0.1) is 13.2 Å². The van der Waals surface area contributed by atoms with Crippen LogP contribution < -0.4 is 21.5 Å². The summed E-state index contributed by atoms with van der Waals surface area (Å²) in [5.74, 6) is 1.27. The van der Waals surface area contributed by atoms with Crippen LogP contribution in [0.2, 0.25) is 0 Å². The van der Waals surface area contributed by atoms with Gasteiger partial charge in [-0.2, -0.15) is 18.2 Å². The first-order valence-corrected chi connectivity index (χ1v) is 13.1. The molecule has 2 aromatic rings. The zero-order valence-corrected chi connectivity index (χ0v) is 20.7. The predicted molar refractivity (Wildman–Crippen MR) is 129 cm³/mol. The van der Waals surface area contributed by atoms with Crippen LogP contribution in [-0.4, -0.2) is 63.8 Å². The molecule has 36 heavy (non-hydrogen) atoms. The van der Waals surface area contributed by atoms with Crippen molar-refractivity contribution in [3.05, 3.63) is 20.8 Å². The first-order chi connectivity index (χ1) is 17.3. The second-order valence-corrected chi connectivity index (χ2v) is 10.3. The molecular formula is C24H35F3N6O3. The summed E-state index contributed by atoms with van der Waals surface area (Å²) in [5, 5.41) is 3.40. The standard InChI is InChI=1S/C24H35F3N6O3/c1-2-36-11-10-31-21(34)19-20(33(23(31)35)15-24(25,26)27)29-22(30-9-8-17-12-28-13-18(17)30)32(19)14-16-6-4-3-5-7-16/h16-18,28H,2-15H2,1H3. The van der Waals surface area contributed by atoms with Crippen LogP contribution >= 0.6 is 0 Å². The molecular weight excluding hydrogens is 477 g/mol. The van der Waals surface area contributed by atoms with E-state index in [9.17, 15) is 22.8 Å². The number of fused-ring (bicyclic) bond motifs is 2. The molecule has 1 aliphatic carbocycles. The Morgan fingerprint density at radius 3 is 2.56 bits per heavy atom. The minimum absolute atomic E-state index is 0.0638. The van der Waals surface area contributed by atoms with E-state index >= 15 is 0 Å². The highest BCUT2D eigenvalue weighted by atomic mass is 19.4. The van der Waals surface area contributed by atoms with Gasteiger partial charge in [0.25, 0.3) is 5.56 Å². The lowest BCUT2D eigenvalue weighted by Crippen LogP contribution is -2.43. The van der Waals surface area contributed by atoms with E-state index in [0.717, 1.165) is 56.3 Å². The fourth-order valence-corrected chi connectivity index (χ4v) is 6.22. The van der Waals surface area contributed by atoms with E-state index in [1.165, 1.54) is 6.42 Å². The van der Waals surface area contributed by atoms with E-state index in [1.54, 1.807) is 6.92 Å². The van der Waals surface area contributed by atoms with Crippen LogP contribution in [0.15, 0.2) is 9.59 Å². The lowest BCUT2D eigenvalue weighted by atomic mass is 9.89. The summed E-state index contributed by atoms with van der Waals surface area (Å²) in [7, 11) is 0. The van der Waals surface area contributed by atoms with Crippen molar-refractivity contribution >= 4 is 17.1 Å². The number of hydrogen-bond donors (Lipinski definition) is 1. The molecule has 1 saturated carbocycles. The van der Waals surface area contributed by atoms with Gasteiger partial charge in [0.15, 0.2) is 11.2 Å². The van der Waals surface area contributed by atoms with Gasteiger partial charge in [0, 0.05) is 38.8 Å². The summed E-state index contributed by atoms with van der Waals surface area (Å²) >= 11 is 0. The molecule has 2 unspecified atom stereocenters. The molecule has 2 aromatic heterocycles. The lowest BCUT2D eigenvalue weighted by Gasteiger charge is -2.28. The largest absolute Gasteiger partial charge is 0.406 e. The Bertz CT molecular complexity index is 1200. The van der Waals surface area contributed by atoms with Gasteiger partial charge in [-0.3, -0.25) is 13.9 Å². The SMILES string of the molecule is CCOCCn1c(=O)c2c(nc(N3CCC4CNCC43)n2CC2CCCCC2)n(CC(F)(F)F)c1=O. The molecule has 2 atom stereocenters. The number of nitrogens with one attached hydrogen (secondary N) is 1. The number of aromatic nitrogens is 4. The summed E-state index contributed by atoms with van der Waals surface area (Å²) < 4.78 is 49.5. The molecule has 9 nitrogen and oxygen atoms in total. The maximum absolute atomic E-state index is 13.7. The normalized spacial score (nSPS) is 23.2. The highest BCUT2D eigenvalue weighted by Crippen LogP contribution is 2.35. The third-order valence-electron chi connectivity index (χ3n) is 7.96. The average molecular weight is 513 g/mol. The molecule has 1 N–H and O–H groups in total. The molecule has 2 saturated heterocycles. The Morgan fingerprint density at radius 1 is 1.06 bits per heavy atom. The number of imidazole rings is 1. The molecule has 2 aliphatic heterocycles. The van der Waals surface area contributed by atoms with Crippen molar-refractivity contribution in [2.75, 3.05) is 37.7 Å². The maximum Gasteiger partial charge on any atom is 0.406 e. The van der Waals surface area contributed by atoms with Gasteiger partial charge in [0.1, 0.15) is 6.54 Å². The number of ether oxygens (including phenoxy) is 1. The van der Waals surface area contributed by atoms with Crippen molar-refractivity contribution in [1.29, 1.82) is 0 Å². The summed E-state index contributed by atoms with van der Waals surface area (Å²) in [5.41, 5.74) is -1.68. The number of nitrogens with zero attached hydrogens (tertiary/aromatic N) is 5. The first kappa shape index (κ1) is 25.3. The van der Waals surface area contributed by atoms with E-state index in [0.29, 0.717) is 35.5 Å². The van der Waals surface area contributed by atoms with E-state index in [4.69, 9.17) is 4.74 Å². The fraction of sp³-hybridized carbons (Fsp3) is 0.792. The van der Waals surface area contributed by atoms with Crippen LogP contribution in [0.4, 0.5) is 19.1 Å². The second kappa shape index (κ2) is 10.2. The number of halogens is 3. The lowest BCUT2D eigenvalue weighted by molar-refractivity contribution is -0.140. The Balaban J connectivity index is 1.70. The van der Waals surface area contributed by atoms with Gasteiger partial charge in [-0.1, -0.05) is 19.3 Å². The molecule has 0 spiro atoms. The van der Waals surface area contributed by atoms with Crippen LogP contribution in [0.25, 0.3) is 11.2 Å². The Hall–Kier alpha value is -2.34. The van der Waals surface area contributed by atoms with Crippen molar-refractivity contribution in [1.82, 2.24) is 24.0 Å². The van der Waals surface area contributed by atoms with Gasteiger partial charge in [-0.05, 0) is 38.0 Å². The number of rotatable bonds is 8. The molecule has 3 fully saturated rings. The molecule has 3 aliphatic rings. The van der Waals surface area contributed by atoms with E-state index < -0.39 is 24.0 Å². The summed E-state index contributed by atoms with van der Waals surface area (Å²) in [6.45, 7) is 3.52. The summed E-state index contributed by atoms with van der Waals surface area (Å²) in [6, 6.07) is 0.176. The second-order valence-electron chi connectivity index (χ2n) is 10.3. The zero-order valence-electron chi connectivity index (χ0n) is 20.7. The molecule has 5 rings (SSSR count). The van der Waals surface area contributed by atoms with Crippen molar-refractivity contribution in [2.45, 2.75) is 77.3 Å². The van der Waals surface area contributed by atoms with Crippen LogP contribution in [0.1, 0.15) is 45.4 Å². The quantitative estimate of drug-likeness (QED) is 0.547.